The number of aromatic nitrogens is 2. The molecule has 0 bridgehead atoms. The van der Waals surface area contributed by atoms with E-state index in [-0.39, 0.29) is 23.5 Å². The molecule has 0 radical (unpaired) electrons. The van der Waals surface area contributed by atoms with Gasteiger partial charge in [-0.2, -0.15) is 4.31 Å². The summed E-state index contributed by atoms with van der Waals surface area (Å²) >= 11 is 0. The molecule has 1 atom stereocenters. The largest absolute Gasteiger partial charge is 0.423 e. The minimum absolute atomic E-state index is 0.0776. The third kappa shape index (κ3) is 4.73. The number of nitrogens with zero attached hydrogens (tertiary/aromatic N) is 4. The van der Waals surface area contributed by atoms with Crippen LogP contribution in [-0.4, -0.2) is 53.2 Å². The monoisotopic (exact) mass is 436 g/mol. The Hall–Kier alpha value is -1.84. The van der Waals surface area contributed by atoms with Gasteiger partial charge in [-0.1, -0.05) is 18.6 Å². The Morgan fingerprint density at radius 2 is 1.87 bits per heavy atom. The number of rotatable bonds is 6. The van der Waals surface area contributed by atoms with Crippen molar-refractivity contribution in [3.05, 3.63) is 47.4 Å². The van der Waals surface area contributed by atoms with Crippen LogP contribution in [0.15, 0.2) is 28.7 Å². The molecule has 4 rings (SSSR count). The van der Waals surface area contributed by atoms with Crippen LogP contribution in [-0.2, 0) is 16.6 Å². The number of halogens is 1. The number of likely N-dealkylation sites (tertiary alicyclic amines) is 1. The molecule has 9 heteroatoms. The summed E-state index contributed by atoms with van der Waals surface area (Å²) in [6.45, 7) is 4.65. The predicted octanol–water partition coefficient (Wildman–Crippen LogP) is 3.47. The molecule has 164 valence electrons. The second-order valence-corrected chi connectivity index (χ2v) is 10.4. The molecule has 2 aliphatic heterocycles. The van der Waals surface area contributed by atoms with Crippen LogP contribution in [0.1, 0.15) is 68.3 Å². The number of benzene rings is 1. The molecule has 0 spiro atoms. The Labute approximate surface area is 177 Å². The van der Waals surface area contributed by atoms with E-state index in [2.05, 4.69) is 15.1 Å². The summed E-state index contributed by atoms with van der Waals surface area (Å²) in [6.07, 6.45) is 4.31. The van der Waals surface area contributed by atoms with Crippen LogP contribution < -0.4 is 0 Å². The zero-order chi connectivity index (χ0) is 21.1. The second-order valence-electron chi connectivity index (χ2n) is 8.18. The predicted molar refractivity (Wildman–Crippen MR) is 111 cm³/mol. The van der Waals surface area contributed by atoms with Gasteiger partial charge in [-0.05, 0) is 63.4 Å². The van der Waals surface area contributed by atoms with Gasteiger partial charge in [0.05, 0.1) is 5.75 Å². The molecule has 1 aromatic heterocycles. The van der Waals surface area contributed by atoms with E-state index in [1.807, 2.05) is 6.07 Å². The Morgan fingerprint density at radius 3 is 2.60 bits per heavy atom. The van der Waals surface area contributed by atoms with Crippen molar-refractivity contribution in [2.45, 2.75) is 57.5 Å². The SMILES string of the molecule is CCS(=O)(=O)N1CCCC[C@@H]1c1nnc(C2CCN(Cc3cccc(F)c3)CC2)o1. The second kappa shape index (κ2) is 9.11. The molecular weight excluding hydrogens is 407 g/mol. The van der Waals surface area contributed by atoms with Crippen molar-refractivity contribution in [3.63, 3.8) is 0 Å². The van der Waals surface area contributed by atoms with E-state index in [1.165, 1.54) is 10.4 Å². The van der Waals surface area contributed by atoms with Crippen LogP contribution in [0.2, 0.25) is 0 Å². The van der Waals surface area contributed by atoms with E-state index >= 15 is 0 Å². The van der Waals surface area contributed by atoms with Gasteiger partial charge in [0.1, 0.15) is 11.9 Å². The van der Waals surface area contributed by atoms with Gasteiger partial charge in [0.2, 0.25) is 21.8 Å². The molecule has 2 fully saturated rings. The van der Waals surface area contributed by atoms with Crippen LogP contribution in [0.5, 0.6) is 0 Å². The van der Waals surface area contributed by atoms with Crippen molar-refractivity contribution in [1.29, 1.82) is 0 Å². The molecule has 3 heterocycles. The molecule has 30 heavy (non-hydrogen) atoms. The average molecular weight is 437 g/mol. The van der Waals surface area contributed by atoms with Crippen LogP contribution in [0.25, 0.3) is 0 Å². The van der Waals surface area contributed by atoms with E-state index < -0.39 is 10.0 Å². The lowest BCUT2D eigenvalue weighted by Crippen LogP contribution is -2.39. The first-order chi connectivity index (χ1) is 14.5. The van der Waals surface area contributed by atoms with Crippen molar-refractivity contribution < 1.29 is 17.2 Å². The Kier molecular flexibility index (Phi) is 6.50. The fraction of sp³-hybridized carbons (Fsp3) is 0.619. The summed E-state index contributed by atoms with van der Waals surface area (Å²) in [6, 6.07) is 6.38. The molecule has 2 aromatic rings. The van der Waals surface area contributed by atoms with Crippen molar-refractivity contribution in [1.82, 2.24) is 19.4 Å². The zero-order valence-electron chi connectivity index (χ0n) is 17.3. The van der Waals surface area contributed by atoms with Crippen LogP contribution in [0.4, 0.5) is 4.39 Å². The molecule has 0 N–H and O–H groups in total. The number of hydrogen-bond donors (Lipinski definition) is 0. The Bertz CT molecular complexity index is 957. The maximum Gasteiger partial charge on any atom is 0.234 e. The van der Waals surface area contributed by atoms with Gasteiger partial charge in [0, 0.05) is 19.0 Å². The maximum absolute atomic E-state index is 13.4. The maximum atomic E-state index is 13.4. The van der Waals surface area contributed by atoms with E-state index in [4.69, 9.17) is 4.42 Å². The highest BCUT2D eigenvalue weighted by atomic mass is 32.2. The van der Waals surface area contributed by atoms with Crippen LogP contribution >= 0.6 is 0 Å². The highest BCUT2D eigenvalue weighted by Crippen LogP contribution is 2.35. The van der Waals surface area contributed by atoms with Crippen molar-refractivity contribution in [2.75, 3.05) is 25.4 Å². The first kappa shape index (κ1) is 21.4. The van der Waals surface area contributed by atoms with Gasteiger partial charge in [0.15, 0.2) is 0 Å². The molecular formula is C21H29FN4O3S. The van der Waals surface area contributed by atoms with Gasteiger partial charge in [-0.15, -0.1) is 10.2 Å². The zero-order valence-corrected chi connectivity index (χ0v) is 18.2. The molecule has 0 saturated carbocycles. The minimum Gasteiger partial charge on any atom is -0.423 e. The number of sulfonamides is 1. The fourth-order valence-electron chi connectivity index (χ4n) is 4.43. The smallest absolute Gasteiger partial charge is 0.234 e. The van der Waals surface area contributed by atoms with Gasteiger partial charge < -0.3 is 4.42 Å². The third-order valence-corrected chi connectivity index (χ3v) is 8.03. The highest BCUT2D eigenvalue weighted by molar-refractivity contribution is 7.89. The highest BCUT2D eigenvalue weighted by Gasteiger charge is 2.36. The fourth-order valence-corrected chi connectivity index (χ4v) is 5.75. The molecule has 2 aliphatic rings. The summed E-state index contributed by atoms with van der Waals surface area (Å²) < 4.78 is 45.9. The lowest BCUT2D eigenvalue weighted by Gasteiger charge is -2.32. The van der Waals surface area contributed by atoms with Crippen molar-refractivity contribution in [2.24, 2.45) is 0 Å². The molecule has 1 aromatic carbocycles. The van der Waals surface area contributed by atoms with Crippen molar-refractivity contribution in [3.8, 4) is 0 Å². The van der Waals surface area contributed by atoms with E-state index in [9.17, 15) is 12.8 Å². The molecule has 0 amide bonds. The first-order valence-corrected chi connectivity index (χ1v) is 12.4. The van der Waals surface area contributed by atoms with Gasteiger partial charge >= 0.3 is 0 Å². The summed E-state index contributed by atoms with van der Waals surface area (Å²) in [5.41, 5.74) is 0.975. The standard InChI is InChI=1S/C21H29FN4O3S/c1-2-30(27,28)26-11-4-3-8-19(26)21-24-23-20(29-21)17-9-12-25(13-10-17)15-16-6-5-7-18(22)14-16/h5-7,14,17,19H,2-4,8-13,15H2,1H3/t19-/m1/s1. The Morgan fingerprint density at radius 1 is 1.10 bits per heavy atom. The van der Waals surface area contributed by atoms with Crippen molar-refractivity contribution >= 4 is 10.0 Å². The lowest BCUT2D eigenvalue weighted by molar-refractivity contribution is 0.183. The van der Waals surface area contributed by atoms with Gasteiger partial charge in [-0.25, -0.2) is 12.8 Å². The van der Waals surface area contributed by atoms with E-state index in [1.54, 1.807) is 19.1 Å². The van der Waals surface area contributed by atoms with Crippen LogP contribution in [0.3, 0.4) is 0 Å². The lowest BCUT2D eigenvalue weighted by atomic mass is 9.96. The van der Waals surface area contributed by atoms with E-state index in [0.29, 0.717) is 24.7 Å². The number of hydrogen-bond acceptors (Lipinski definition) is 6. The first-order valence-electron chi connectivity index (χ1n) is 10.8. The minimum atomic E-state index is -3.30. The summed E-state index contributed by atoms with van der Waals surface area (Å²) in [4.78, 5) is 2.30. The normalized spacial score (nSPS) is 22.4. The summed E-state index contributed by atoms with van der Waals surface area (Å²) in [5, 5.41) is 8.50. The molecule has 2 saturated heterocycles. The number of piperidine rings is 2. The summed E-state index contributed by atoms with van der Waals surface area (Å²) in [5.74, 6) is 1.07. The van der Waals surface area contributed by atoms with Gasteiger partial charge in [0.25, 0.3) is 0 Å². The third-order valence-electron chi connectivity index (χ3n) is 6.15. The molecule has 0 unspecified atom stereocenters. The average Bonchev–Trinajstić information content (AvgIpc) is 3.24. The Balaban J connectivity index is 1.39. The van der Waals surface area contributed by atoms with E-state index in [0.717, 1.165) is 50.9 Å². The topological polar surface area (TPSA) is 79.5 Å². The summed E-state index contributed by atoms with van der Waals surface area (Å²) in [7, 11) is -3.30. The molecule has 0 aliphatic carbocycles. The van der Waals surface area contributed by atoms with Crippen LogP contribution in [0, 0.1) is 5.82 Å². The quantitative estimate of drug-likeness (QED) is 0.690. The van der Waals surface area contributed by atoms with Gasteiger partial charge in [-0.3, -0.25) is 4.90 Å². The molecule has 7 nitrogen and oxygen atoms in total.